The first kappa shape index (κ1) is 17.0. The molecular weight excluding hydrogens is 366 g/mol. The first-order chi connectivity index (χ1) is 12.5. The van der Waals surface area contributed by atoms with Gasteiger partial charge in [-0.25, -0.2) is 4.98 Å². The van der Waals surface area contributed by atoms with Crippen LogP contribution in [0, 0.1) is 0 Å². The minimum absolute atomic E-state index is 0.161. The number of nitrogens with one attached hydrogen (secondary N) is 1. The highest BCUT2D eigenvalue weighted by Crippen LogP contribution is 2.32. The van der Waals surface area contributed by atoms with E-state index in [0.29, 0.717) is 16.9 Å². The average Bonchev–Trinajstić information content (AvgIpc) is 3.32. The van der Waals surface area contributed by atoms with Crippen LogP contribution in [0.1, 0.15) is 54.5 Å². The van der Waals surface area contributed by atoms with Crippen LogP contribution in [0.3, 0.4) is 0 Å². The summed E-state index contributed by atoms with van der Waals surface area (Å²) in [4.78, 5) is 16.4. The Morgan fingerprint density at radius 3 is 2.85 bits per heavy atom. The van der Waals surface area contributed by atoms with Gasteiger partial charge in [-0.1, -0.05) is 24.4 Å². The molecule has 3 aromatic rings. The first-order valence-electron chi connectivity index (χ1n) is 8.26. The normalized spacial score (nSPS) is 15.2. The van der Waals surface area contributed by atoms with Crippen molar-refractivity contribution >= 4 is 34.3 Å². The number of anilines is 1. The van der Waals surface area contributed by atoms with Crippen LogP contribution in [-0.2, 0) is 0 Å². The Labute approximate surface area is 152 Å². The summed E-state index contributed by atoms with van der Waals surface area (Å²) in [5, 5.41) is 7.24. The summed E-state index contributed by atoms with van der Waals surface area (Å²) in [5.74, 6) is -1.06. The van der Waals surface area contributed by atoms with Crippen molar-refractivity contribution in [1.82, 2.24) is 14.8 Å². The third-order valence-electron chi connectivity index (χ3n) is 4.49. The maximum atomic E-state index is 12.7. The molecule has 1 saturated carbocycles. The molecule has 0 atom stereocenters. The number of alkyl halides is 2. The summed E-state index contributed by atoms with van der Waals surface area (Å²) in [6, 6.07) is 4.70. The molecule has 1 fully saturated rings. The van der Waals surface area contributed by atoms with Crippen LogP contribution < -0.4 is 5.32 Å². The second-order valence-corrected chi connectivity index (χ2v) is 6.62. The number of hydrogen-bond donors (Lipinski definition) is 1. The molecule has 136 valence electrons. The molecule has 2 heterocycles. The van der Waals surface area contributed by atoms with E-state index in [2.05, 4.69) is 15.4 Å². The quantitative estimate of drug-likeness (QED) is 0.692. The number of benzene rings is 1. The fraction of sp³-hybridized carbons (Fsp3) is 0.353. The Bertz CT molecular complexity index is 963. The van der Waals surface area contributed by atoms with Crippen molar-refractivity contribution < 1.29 is 18.0 Å². The summed E-state index contributed by atoms with van der Waals surface area (Å²) in [5.41, 5.74) is 1.17. The molecule has 0 saturated heterocycles. The molecule has 1 N–H and O–H groups in total. The molecule has 0 spiro atoms. The molecule has 0 radical (unpaired) electrons. The van der Waals surface area contributed by atoms with Gasteiger partial charge < -0.3 is 9.73 Å². The molecule has 4 rings (SSSR count). The number of nitrogens with zero attached hydrogens (tertiary/aromatic N) is 3. The number of oxazole rings is 1. The predicted molar refractivity (Wildman–Crippen MR) is 91.7 cm³/mol. The molecule has 1 amide bonds. The molecule has 9 heteroatoms. The van der Waals surface area contributed by atoms with Gasteiger partial charge in [-0.05, 0) is 25.0 Å². The van der Waals surface area contributed by atoms with Crippen LogP contribution in [0.15, 0.2) is 28.8 Å². The lowest BCUT2D eigenvalue weighted by atomic mass is 10.2. The van der Waals surface area contributed by atoms with Crippen LogP contribution in [0.25, 0.3) is 11.1 Å². The van der Waals surface area contributed by atoms with Gasteiger partial charge in [0.1, 0.15) is 11.2 Å². The fourth-order valence-electron chi connectivity index (χ4n) is 3.28. The standard InChI is InChI=1S/C17H15ClF2N4O2/c18-11-8-21-24(10-3-1-2-4-10)14(11)16(25)22-9-5-6-12-13(7-9)26-17(23-12)15(19)20/h5-8,10,15H,1-4H2,(H,22,25). The van der Waals surface area contributed by atoms with E-state index in [9.17, 15) is 13.6 Å². The van der Waals surface area contributed by atoms with E-state index in [1.165, 1.54) is 18.3 Å². The Balaban J connectivity index is 1.60. The summed E-state index contributed by atoms with van der Waals surface area (Å²) in [6.07, 6.45) is 2.77. The smallest absolute Gasteiger partial charge is 0.313 e. The van der Waals surface area contributed by atoms with Crippen molar-refractivity contribution in [2.24, 2.45) is 0 Å². The van der Waals surface area contributed by atoms with E-state index in [0.717, 1.165) is 25.7 Å². The summed E-state index contributed by atoms with van der Waals surface area (Å²) >= 11 is 6.16. The van der Waals surface area contributed by atoms with Crippen molar-refractivity contribution in [3.63, 3.8) is 0 Å². The van der Waals surface area contributed by atoms with Crippen LogP contribution in [0.5, 0.6) is 0 Å². The Morgan fingerprint density at radius 1 is 1.35 bits per heavy atom. The zero-order valence-electron chi connectivity index (χ0n) is 13.6. The third kappa shape index (κ3) is 3.05. The highest BCUT2D eigenvalue weighted by Gasteiger charge is 2.25. The van der Waals surface area contributed by atoms with Gasteiger partial charge in [-0.3, -0.25) is 9.48 Å². The van der Waals surface area contributed by atoms with Gasteiger partial charge >= 0.3 is 6.43 Å². The molecule has 26 heavy (non-hydrogen) atoms. The van der Waals surface area contributed by atoms with Crippen molar-refractivity contribution in [2.45, 2.75) is 38.2 Å². The van der Waals surface area contributed by atoms with Crippen molar-refractivity contribution in [2.75, 3.05) is 5.32 Å². The predicted octanol–water partition coefficient (Wildman–Crippen LogP) is 4.98. The monoisotopic (exact) mass is 380 g/mol. The number of rotatable bonds is 4. The van der Waals surface area contributed by atoms with E-state index in [4.69, 9.17) is 16.0 Å². The van der Waals surface area contributed by atoms with E-state index >= 15 is 0 Å². The molecule has 1 aromatic carbocycles. The zero-order chi connectivity index (χ0) is 18.3. The van der Waals surface area contributed by atoms with Crippen molar-refractivity contribution in [3.05, 3.63) is 41.0 Å². The molecule has 0 unspecified atom stereocenters. The summed E-state index contributed by atoms with van der Waals surface area (Å²) in [6.45, 7) is 0. The van der Waals surface area contributed by atoms with Gasteiger partial charge in [-0.2, -0.15) is 13.9 Å². The van der Waals surface area contributed by atoms with E-state index in [1.807, 2.05) is 0 Å². The van der Waals surface area contributed by atoms with Crippen LogP contribution in [0.4, 0.5) is 14.5 Å². The topological polar surface area (TPSA) is 73.0 Å². The van der Waals surface area contributed by atoms with Crippen LogP contribution >= 0.6 is 11.6 Å². The summed E-state index contributed by atoms with van der Waals surface area (Å²) < 4.78 is 32.1. The minimum atomic E-state index is -2.79. The number of aromatic nitrogens is 3. The molecule has 0 aliphatic heterocycles. The Morgan fingerprint density at radius 2 is 2.12 bits per heavy atom. The molecule has 1 aliphatic carbocycles. The molecule has 2 aromatic heterocycles. The van der Waals surface area contributed by atoms with Gasteiger partial charge in [-0.15, -0.1) is 0 Å². The van der Waals surface area contributed by atoms with E-state index in [1.54, 1.807) is 10.7 Å². The Hall–Kier alpha value is -2.48. The fourth-order valence-corrected chi connectivity index (χ4v) is 3.50. The molecular formula is C17H15ClF2N4O2. The van der Waals surface area contributed by atoms with Crippen molar-refractivity contribution in [1.29, 1.82) is 0 Å². The van der Waals surface area contributed by atoms with Gasteiger partial charge in [0.15, 0.2) is 5.58 Å². The number of carbonyl (C=O) groups excluding carboxylic acids is 1. The lowest BCUT2D eigenvalue weighted by Crippen LogP contribution is -2.20. The lowest BCUT2D eigenvalue weighted by Gasteiger charge is -2.14. The minimum Gasteiger partial charge on any atom is -0.435 e. The number of halogens is 3. The molecule has 1 aliphatic rings. The van der Waals surface area contributed by atoms with Gasteiger partial charge in [0, 0.05) is 11.8 Å². The first-order valence-corrected chi connectivity index (χ1v) is 8.63. The highest BCUT2D eigenvalue weighted by molar-refractivity contribution is 6.34. The van der Waals surface area contributed by atoms with E-state index < -0.39 is 18.2 Å². The molecule has 0 bridgehead atoms. The third-order valence-corrected chi connectivity index (χ3v) is 4.76. The lowest BCUT2D eigenvalue weighted by molar-refractivity contribution is 0.101. The maximum absolute atomic E-state index is 12.7. The number of amides is 1. The largest absolute Gasteiger partial charge is 0.435 e. The van der Waals surface area contributed by atoms with Crippen LogP contribution in [-0.4, -0.2) is 20.7 Å². The second-order valence-electron chi connectivity index (χ2n) is 6.21. The highest BCUT2D eigenvalue weighted by atomic mass is 35.5. The van der Waals surface area contributed by atoms with Gasteiger partial charge in [0.05, 0.1) is 17.3 Å². The summed E-state index contributed by atoms with van der Waals surface area (Å²) in [7, 11) is 0. The SMILES string of the molecule is O=C(Nc1ccc2nc(C(F)F)oc2c1)c1c(Cl)cnn1C1CCCC1. The van der Waals surface area contributed by atoms with Crippen LogP contribution in [0.2, 0.25) is 5.02 Å². The maximum Gasteiger partial charge on any atom is 0.313 e. The Kier molecular flexibility index (Phi) is 4.36. The zero-order valence-corrected chi connectivity index (χ0v) is 14.3. The number of carbonyl (C=O) groups is 1. The molecule has 6 nitrogen and oxygen atoms in total. The second kappa shape index (κ2) is 6.68. The van der Waals surface area contributed by atoms with Gasteiger partial charge in [0.25, 0.3) is 11.8 Å². The van der Waals surface area contributed by atoms with E-state index in [-0.39, 0.29) is 16.6 Å². The number of fused-ring (bicyclic) bond motifs is 1. The van der Waals surface area contributed by atoms with Crippen molar-refractivity contribution in [3.8, 4) is 0 Å². The number of hydrogen-bond acceptors (Lipinski definition) is 4. The van der Waals surface area contributed by atoms with Gasteiger partial charge in [0.2, 0.25) is 0 Å². The average molecular weight is 381 g/mol.